The van der Waals surface area contributed by atoms with Crippen LogP contribution in [0.1, 0.15) is 18.4 Å². The molecule has 4 rings (SSSR count). The van der Waals surface area contributed by atoms with E-state index in [0.717, 1.165) is 32.0 Å². The number of ether oxygens (including phenoxy) is 1. The second-order valence-corrected chi connectivity index (χ2v) is 7.55. The molecule has 5 N–H and O–H groups in total. The molecule has 1 aromatic heterocycles. The van der Waals surface area contributed by atoms with Crippen molar-refractivity contribution in [1.82, 2.24) is 20.5 Å². The van der Waals surface area contributed by atoms with Crippen molar-refractivity contribution in [2.75, 3.05) is 24.1 Å². The van der Waals surface area contributed by atoms with Crippen molar-refractivity contribution in [1.29, 1.82) is 0 Å². The van der Waals surface area contributed by atoms with E-state index in [1.807, 2.05) is 0 Å². The molecule has 1 saturated heterocycles. The van der Waals surface area contributed by atoms with Crippen molar-refractivity contribution in [3.8, 4) is 16.9 Å². The maximum absolute atomic E-state index is 13.9. The standard InChI is InChI=1S/C20H20ClF3N6O/c21-16-10-12(27-19-28-18(25)29-30-19)9-15(20(22,23)24)17(16)11-1-3-13(4-2-11)31-14-5-7-26-8-6-14/h1-4,9-10,14,26H,5-8H2,(H4,25,27,28,29,30). The first kappa shape index (κ1) is 21.3. The van der Waals surface area contributed by atoms with Crippen molar-refractivity contribution in [2.45, 2.75) is 25.1 Å². The van der Waals surface area contributed by atoms with E-state index < -0.39 is 11.7 Å². The van der Waals surface area contributed by atoms with E-state index in [-0.39, 0.29) is 34.3 Å². The third-order valence-corrected chi connectivity index (χ3v) is 5.18. The van der Waals surface area contributed by atoms with E-state index in [1.54, 1.807) is 24.3 Å². The zero-order valence-corrected chi connectivity index (χ0v) is 17.0. The summed E-state index contributed by atoms with van der Waals surface area (Å²) in [5.41, 5.74) is 4.88. The van der Waals surface area contributed by atoms with Crippen LogP contribution in [-0.4, -0.2) is 34.4 Å². The Labute approximate surface area is 181 Å². The molecule has 0 bridgehead atoms. The first-order chi connectivity index (χ1) is 14.8. The van der Waals surface area contributed by atoms with Gasteiger partial charge in [0.15, 0.2) is 0 Å². The lowest BCUT2D eigenvalue weighted by atomic mass is 9.98. The lowest BCUT2D eigenvalue weighted by Crippen LogP contribution is -2.34. The minimum absolute atomic E-state index is 0.0352. The normalized spacial score (nSPS) is 15.1. The van der Waals surface area contributed by atoms with Crippen molar-refractivity contribution in [3.63, 3.8) is 0 Å². The summed E-state index contributed by atoms with van der Waals surface area (Å²) in [7, 11) is 0. The number of benzene rings is 2. The zero-order chi connectivity index (χ0) is 22.0. The molecule has 0 saturated carbocycles. The predicted octanol–water partition coefficient (Wildman–Crippen LogP) is 4.60. The number of hydrogen-bond donors (Lipinski definition) is 4. The molecule has 0 atom stereocenters. The number of piperidine rings is 1. The number of aromatic amines is 1. The largest absolute Gasteiger partial charge is 0.490 e. The fraction of sp³-hybridized carbons (Fsp3) is 0.300. The van der Waals surface area contributed by atoms with E-state index in [4.69, 9.17) is 22.1 Å². The SMILES string of the molecule is Nc1nc(Nc2cc(Cl)c(-c3ccc(OC4CCNCC4)cc3)c(C(F)(F)F)c2)n[nH]1. The predicted molar refractivity (Wildman–Crippen MR) is 112 cm³/mol. The van der Waals surface area contributed by atoms with E-state index in [1.165, 1.54) is 6.07 Å². The van der Waals surface area contributed by atoms with Crippen LogP contribution in [0.15, 0.2) is 36.4 Å². The van der Waals surface area contributed by atoms with Crippen LogP contribution in [0.3, 0.4) is 0 Å². The molecule has 2 heterocycles. The highest BCUT2D eigenvalue weighted by Crippen LogP contribution is 2.43. The number of aromatic nitrogens is 3. The highest BCUT2D eigenvalue weighted by Gasteiger charge is 2.35. The quantitative estimate of drug-likeness (QED) is 0.451. The van der Waals surface area contributed by atoms with Gasteiger partial charge in [-0.3, -0.25) is 0 Å². The van der Waals surface area contributed by atoms with Crippen molar-refractivity contribution < 1.29 is 17.9 Å². The number of hydrogen-bond acceptors (Lipinski definition) is 6. The van der Waals surface area contributed by atoms with Gasteiger partial charge in [0.2, 0.25) is 11.9 Å². The monoisotopic (exact) mass is 452 g/mol. The molecule has 0 unspecified atom stereocenters. The number of nitrogens with two attached hydrogens (primary N) is 1. The van der Waals surface area contributed by atoms with Crippen molar-refractivity contribution in [2.24, 2.45) is 0 Å². The number of halogens is 4. The maximum atomic E-state index is 13.9. The summed E-state index contributed by atoms with van der Waals surface area (Å²) in [4.78, 5) is 3.82. The molecule has 31 heavy (non-hydrogen) atoms. The topological polar surface area (TPSA) is 101 Å². The first-order valence-corrected chi connectivity index (χ1v) is 10.0. The average molecular weight is 453 g/mol. The molecule has 0 radical (unpaired) electrons. The molecule has 1 aliphatic heterocycles. The van der Waals surface area contributed by atoms with Crippen LogP contribution >= 0.6 is 11.6 Å². The summed E-state index contributed by atoms with van der Waals surface area (Å²) in [5.74, 6) is 0.683. The smallest absolute Gasteiger partial charge is 0.417 e. The minimum atomic E-state index is -4.63. The minimum Gasteiger partial charge on any atom is -0.490 e. The highest BCUT2D eigenvalue weighted by atomic mass is 35.5. The van der Waals surface area contributed by atoms with Gasteiger partial charge in [0.25, 0.3) is 0 Å². The molecule has 3 aromatic rings. The van der Waals surface area contributed by atoms with Crippen LogP contribution in [-0.2, 0) is 6.18 Å². The lowest BCUT2D eigenvalue weighted by molar-refractivity contribution is -0.137. The van der Waals surface area contributed by atoms with Gasteiger partial charge in [-0.1, -0.05) is 23.7 Å². The Morgan fingerprint density at radius 3 is 2.45 bits per heavy atom. The molecule has 164 valence electrons. The molecule has 1 fully saturated rings. The third-order valence-electron chi connectivity index (χ3n) is 4.89. The van der Waals surface area contributed by atoms with Gasteiger partial charge in [-0.25, -0.2) is 5.10 Å². The number of nitrogens with zero attached hydrogens (tertiary/aromatic N) is 2. The molecular weight excluding hydrogens is 433 g/mol. The molecule has 0 spiro atoms. The van der Waals surface area contributed by atoms with Gasteiger partial charge < -0.3 is 21.1 Å². The number of nitrogens with one attached hydrogen (secondary N) is 3. The van der Waals surface area contributed by atoms with Gasteiger partial charge >= 0.3 is 6.18 Å². The Morgan fingerprint density at radius 1 is 1.13 bits per heavy atom. The number of H-pyrrole nitrogens is 1. The van der Waals surface area contributed by atoms with Crippen LogP contribution in [0.2, 0.25) is 5.02 Å². The van der Waals surface area contributed by atoms with Crippen LogP contribution < -0.4 is 21.1 Å². The highest BCUT2D eigenvalue weighted by molar-refractivity contribution is 6.34. The Bertz CT molecular complexity index is 1050. The van der Waals surface area contributed by atoms with Crippen LogP contribution in [0.5, 0.6) is 5.75 Å². The second kappa shape index (κ2) is 8.64. The van der Waals surface area contributed by atoms with E-state index in [0.29, 0.717) is 11.3 Å². The number of anilines is 3. The summed E-state index contributed by atoms with van der Waals surface area (Å²) >= 11 is 6.29. The summed E-state index contributed by atoms with van der Waals surface area (Å²) in [6.45, 7) is 1.77. The maximum Gasteiger partial charge on any atom is 0.417 e. The van der Waals surface area contributed by atoms with Gasteiger partial charge in [0.1, 0.15) is 11.9 Å². The summed E-state index contributed by atoms with van der Waals surface area (Å²) in [6, 6.07) is 8.84. The van der Waals surface area contributed by atoms with Crippen molar-refractivity contribution >= 4 is 29.2 Å². The summed E-state index contributed by atoms with van der Waals surface area (Å²) in [5, 5.41) is 12.0. The Kier molecular flexibility index (Phi) is 5.92. The van der Waals surface area contributed by atoms with E-state index in [2.05, 4.69) is 25.8 Å². The number of alkyl halides is 3. The van der Waals surface area contributed by atoms with E-state index in [9.17, 15) is 13.2 Å². The number of rotatable bonds is 5. The van der Waals surface area contributed by atoms with Crippen molar-refractivity contribution in [3.05, 3.63) is 47.0 Å². The van der Waals surface area contributed by atoms with Gasteiger partial charge in [-0.05, 0) is 55.8 Å². The van der Waals surface area contributed by atoms with Crippen LogP contribution in [0, 0.1) is 0 Å². The second-order valence-electron chi connectivity index (χ2n) is 7.14. The molecule has 11 heteroatoms. The first-order valence-electron chi connectivity index (χ1n) is 9.63. The molecule has 0 aliphatic carbocycles. The fourth-order valence-electron chi connectivity index (χ4n) is 3.46. The van der Waals surface area contributed by atoms with Gasteiger partial charge in [0, 0.05) is 11.3 Å². The zero-order valence-electron chi connectivity index (χ0n) is 16.3. The molecule has 1 aliphatic rings. The lowest BCUT2D eigenvalue weighted by Gasteiger charge is -2.24. The van der Waals surface area contributed by atoms with Crippen LogP contribution in [0.4, 0.5) is 30.8 Å². The van der Waals surface area contributed by atoms with Crippen LogP contribution in [0.25, 0.3) is 11.1 Å². The fourth-order valence-corrected chi connectivity index (χ4v) is 3.79. The average Bonchev–Trinajstić information content (AvgIpc) is 3.13. The Hall–Kier alpha value is -2.98. The van der Waals surface area contributed by atoms with Gasteiger partial charge in [-0.15, -0.1) is 5.10 Å². The molecule has 7 nitrogen and oxygen atoms in total. The van der Waals surface area contributed by atoms with Gasteiger partial charge in [-0.2, -0.15) is 18.2 Å². The Morgan fingerprint density at radius 2 is 1.84 bits per heavy atom. The third kappa shape index (κ3) is 5.02. The number of nitrogen functional groups attached to an aromatic ring is 1. The van der Waals surface area contributed by atoms with E-state index >= 15 is 0 Å². The molecule has 0 amide bonds. The molecular formula is C20H20ClF3N6O. The summed E-state index contributed by atoms with van der Waals surface area (Å²) < 4.78 is 47.5. The Balaban J connectivity index is 1.63. The van der Waals surface area contributed by atoms with Gasteiger partial charge in [0.05, 0.1) is 10.6 Å². The molecule has 2 aromatic carbocycles. The summed E-state index contributed by atoms with van der Waals surface area (Å²) in [6.07, 6.45) is -2.76.